The molecule has 0 aliphatic heterocycles. The van der Waals surface area contributed by atoms with E-state index in [-0.39, 0.29) is 5.37 Å². The monoisotopic (exact) mass is 191 g/mol. The fourth-order valence-corrected chi connectivity index (χ4v) is 1.12. The van der Waals surface area contributed by atoms with Gasteiger partial charge in [0.1, 0.15) is 0 Å². The molecule has 0 heterocycles. The third-order valence-electron chi connectivity index (χ3n) is 1.90. The van der Waals surface area contributed by atoms with Crippen LogP contribution in [0.4, 0.5) is 4.79 Å². The van der Waals surface area contributed by atoms with Crippen molar-refractivity contribution < 1.29 is 4.79 Å². The lowest BCUT2D eigenvalue weighted by Gasteiger charge is -2.12. The molecule has 0 saturated carbocycles. The van der Waals surface area contributed by atoms with E-state index in [0.29, 0.717) is 0 Å². The highest BCUT2D eigenvalue weighted by molar-refractivity contribution is 6.62. The fourth-order valence-electron chi connectivity index (χ4n) is 1.04. The maximum Gasteiger partial charge on any atom is 0.316 e. The van der Waals surface area contributed by atoms with Crippen LogP contribution in [0.2, 0.25) is 0 Å². The van der Waals surface area contributed by atoms with Crippen LogP contribution in [0.25, 0.3) is 0 Å². The molecule has 0 aliphatic rings. The van der Waals surface area contributed by atoms with E-state index in [4.69, 9.17) is 11.6 Å². The van der Waals surface area contributed by atoms with Crippen LogP contribution < -0.4 is 0 Å². The van der Waals surface area contributed by atoms with E-state index in [9.17, 15) is 4.79 Å². The van der Waals surface area contributed by atoms with Gasteiger partial charge in [-0.15, -0.1) is 0 Å². The minimum atomic E-state index is -0.356. The predicted molar refractivity (Wildman–Crippen MR) is 52.6 cm³/mol. The highest BCUT2D eigenvalue weighted by Gasteiger charge is 2.02. The van der Waals surface area contributed by atoms with E-state index in [0.717, 1.165) is 13.0 Å². The molecule has 1 amide bonds. The standard InChI is InChI=1S/C9H18ClNO/c1-3-4-5-6-7-8-11(2)9(10)12/h3-8H2,1-2H3. The van der Waals surface area contributed by atoms with Gasteiger partial charge in [0.2, 0.25) is 0 Å². The Morgan fingerprint density at radius 3 is 2.33 bits per heavy atom. The summed E-state index contributed by atoms with van der Waals surface area (Å²) in [6, 6.07) is 0. The van der Waals surface area contributed by atoms with Gasteiger partial charge in [-0.3, -0.25) is 4.79 Å². The van der Waals surface area contributed by atoms with Gasteiger partial charge >= 0.3 is 5.37 Å². The second-order valence-electron chi connectivity index (χ2n) is 3.09. The number of rotatable bonds is 6. The van der Waals surface area contributed by atoms with Crippen molar-refractivity contribution in [1.29, 1.82) is 0 Å². The molecule has 0 atom stereocenters. The first-order chi connectivity index (χ1) is 5.68. The highest BCUT2D eigenvalue weighted by atomic mass is 35.5. The zero-order valence-corrected chi connectivity index (χ0v) is 8.73. The van der Waals surface area contributed by atoms with Gasteiger partial charge < -0.3 is 4.90 Å². The Labute approximate surface area is 79.9 Å². The first-order valence-corrected chi connectivity index (χ1v) is 4.97. The number of halogens is 1. The Morgan fingerprint density at radius 1 is 1.25 bits per heavy atom. The second kappa shape index (κ2) is 7.41. The van der Waals surface area contributed by atoms with Crippen LogP contribution in [0.15, 0.2) is 0 Å². The summed E-state index contributed by atoms with van der Waals surface area (Å²) in [6.45, 7) is 2.97. The molecule has 0 spiro atoms. The summed E-state index contributed by atoms with van der Waals surface area (Å²) < 4.78 is 0. The van der Waals surface area contributed by atoms with Crippen LogP contribution in [0.5, 0.6) is 0 Å². The van der Waals surface area contributed by atoms with Crippen LogP contribution in [0, 0.1) is 0 Å². The molecule has 0 N–H and O–H groups in total. The molecule has 3 heteroatoms. The van der Waals surface area contributed by atoms with Crippen LogP contribution in [-0.4, -0.2) is 23.9 Å². The normalized spacial score (nSPS) is 9.92. The lowest BCUT2D eigenvalue weighted by atomic mass is 10.1. The first-order valence-electron chi connectivity index (χ1n) is 4.59. The molecule has 2 nitrogen and oxygen atoms in total. The van der Waals surface area contributed by atoms with Crippen LogP contribution >= 0.6 is 11.6 Å². The van der Waals surface area contributed by atoms with Crippen molar-refractivity contribution in [2.75, 3.05) is 13.6 Å². The smallest absolute Gasteiger partial charge is 0.316 e. The Hall–Kier alpha value is -0.240. The van der Waals surface area contributed by atoms with E-state index in [1.807, 2.05) is 0 Å². The Morgan fingerprint density at radius 2 is 1.83 bits per heavy atom. The van der Waals surface area contributed by atoms with Gasteiger partial charge in [-0.1, -0.05) is 32.6 Å². The molecule has 0 aliphatic carbocycles. The van der Waals surface area contributed by atoms with Crippen molar-refractivity contribution >= 4 is 17.0 Å². The van der Waals surface area contributed by atoms with Crippen LogP contribution in [0.1, 0.15) is 39.0 Å². The van der Waals surface area contributed by atoms with Crippen molar-refractivity contribution in [3.8, 4) is 0 Å². The van der Waals surface area contributed by atoms with Gasteiger partial charge in [-0.2, -0.15) is 0 Å². The van der Waals surface area contributed by atoms with Crippen molar-refractivity contribution in [3.05, 3.63) is 0 Å². The number of carbonyl (C=O) groups is 1. The number of hydrogen-bond donors (Lipinski definition) is 0. The number of hydrogen-bond acceptors (Lipinski definition) is 1. The van der Waals surface area contributed by atoms with E-state index in [1.165, 1.54) is 25.7 Å². The van der Waals surface area contributed by atoms with Gasteiger partial charge in [-0.05, 0) is 18.0 Å². The first kappa shape index (κ1) is 11.8. The Balaban J connectivity index is 3.14. The zero-order chi connectivity index (χ0) is 9.40. The highest BCUT2D eigenvalue weighted by Crippen LogP contribution is 2.03. The number of unbranched alkanes of at least 4 members (excludes halogenated alkanes) is 4. The summed E-state index contributed by atoms with van der Waals surface area (Å²) in [4.78, 5) is 12.1. The summed E-state index contributed by atoms with van der Waals surface area (Å²) in [5, 5.41) is -0.356. The number of amides is 1. The summed E-state index contributed by atoms with van der Waals surface area (Å²) in [6.07, 6.45) is 6.07. The number of nitrogens with zero attached hydrogens (tertiary/aromatic N) is 1. The molecule has 0 saturated heterocycles. The van der Waals surface area contributed by atoms with Gasteiger partial charge in [-0.25, -0.2) is 0 Å². The molecule has 0 aromatic carbocycles. The molecule has 0 aromatic heterocycles. The van der Waals surface area contributed by atoms with Gasteiger partial charge in [0, 0.05) is 13.6 Å². The average Bonchev–Trinajstić information content (AvgIpc) is 2.03. The third kappa shape index (κ3) is 6.47. The molecule has 0 unspecified atom stereocenters. The summed E-state index contributed by atoms with van der Waals surface area (Å²) in [7, 11) is 1.73. The maximum absolute atomic E-state index is 10.6. The van der Waals surface area contributed by atoms with Gasteiger partial charge in [0.25, 0.3) is 0 Å². The molecule has 12 heavy (non-hydrogen) atoms. The largest absolute Gasteiger partial charge is 0.332 e. The lowest BCUT2D eigenvalue weighted by molar-refractivity contribution is 0.231. The second-order valence-corrected chi connectivity index (χ2v) is 3.41. The van der Waals surface area contributed by atoms with Crippen LogP contribution in [-0.2, 0) is 0 Å². The molecule has 0 rings (SSSR count). The average molecular weight is 192 g/mol. The SMILES string of the molecule is CCCCCCCN(C)C(=O)Cl. The Kier molecular flexibility index (Phi) is 7.26. The molecule has 0 radical (unpaired) electrons. The minimum Gasteiger partial charge on any atom is -0.332 e. The molecule has 0 fully saturated rings. The van der Waals surface area contributed by atoms with E-state index in [2.05, 4.69) is 6.92 Å². The lowest BCUT2D eigenvalue weighted by Crippen LogP contribution is -2.21. The summed E-state index contributed by atoms with van der Waals surface area (Å²) >= 11 is 5.26. The molecule has 72 valence electrons. The van der Waals surface area contributed by atoms with Gasteiger partial charge in [0.15, 0.2) is 0 Å². The van der Waals surface area contributed by atoms with Gasteiger partial charge in [0.05, 0.1) is 0 Å². The van der Waals surface area contributed by atoms with E-state index in [1.54, 1.807) is 11.9 Å². The molecular weight excluding hydrogens is 174 g/mol. The van der Waals surface area contributed by atoms with Crippen LogP contribution in [0.3, 0.4) is 0 Å². The summed E-state index contributed by atoms with van der Waals surface area (Å²) in [5.41, 5.74) is 0. The Bertz CT molecular complexity index is 128. The van der Waals surface area contributed by atoms with Crippen molar-refractivity contribution in [3.63, 3.8) is 0 Å². The number of carbonyl (C=O) groups excluding carboxylic acids is 1. The summed E-state index contributed by atoms with van der Waals surface area (Å²) in [5.74, 6) is 0. The topological polar surface area (TPSA) is 20.3 Å². The van der Waals surface area contributed by atoms with Crippen molar-refractivity contribution in [1.82, 2.24) is 4.90 Å². The third-order valence-corrected chi connectivity index (χ3v) is 2.19. The van der Waals surface area contributed by atoms with Crippen molar-refractivity contribution in [2.45, 2.75) is 39.0 Å². The predicted octanol–water partition coefficient (Wildman–Crippen LogP) is 3.25. The molecule has 0 aromatic rings. The zero-order valence-electron chi connectivity index (χ0n) is 7.98. The molecule has 0 bridgehead atoms. The minimum absolute atomic E-state index is 0.356. The van der Waals surface area contributed by atoms with Crippen molar-refractivity contribution in [2.24, 2.45) is 0 Å². The molecular formula is C9H18ClNO. The maximum atomic E-state index is 10.6. The van der Waals surface area contributed by atoms with E-state index >= 15 is 0 Å². The van der Waals surface area contributed by atoms with E-state index < -0.39 is 0 Å². The quantitative estimate of drug-likeness (QED) is 0.359. The fraction of sp³-hybridized carbons (Fsp3) is 0.889.